The van der Waals surface area contributed by atoms with Crippen LogP contribution >= 0.6 is 0 Å². The molecule has 0 aliphatic carbocycles. The second kappa shape index (κ2) is 10.5. The molecule has 169 valence electrons. The summed E-state index contributed by atoms with van der Waals surface area (Å²) in [6, 6.07) is 30.2. The van der Waals surface area contributed by atoms with Crippen molar-refractivity contribution in [2.24, 2.45) is 0 Å². The Morgan fingerprint density at radius 2 is 1.62 bits per heavy atom. The van der Waals surface area contributed by atoms with Crippen molar-refractivity contribution >= 4 is 22.1 Å². The molecule has 4 aromatic heterocycles. The summed E-state index contributed by atoms with van der Waals surface area (Å²) in [4.78, 5) is 13.0. The number of pyridine rings is 3. The van der Waals surface area contributed by atoms with Crippen molar-refractivity contribution in [2.75, 3.05) is 0 Å². The van der Waals surface area contributed by atoms with Gasteiger partial charge < -0.3 is 14.4 Å². The third-order valence-corrected chi connectivity index (χ3v) is 5.28. The molecule has 0 unspecified atom stereocenters. The molecule has 0 amide bonds. The number of rotatable bonds is 2. The predicted octanol–water partition coefficient (Wildman–Crippen LogP) is 7.01. The minimum absolute atomic E-state index is 0. The van der Waals surface area contributed by atoms with E-state index in [0.29, 0.717) is 5.71 Å². The summed E-state index contributed by atoms with van der Waals surface area (Å²) in [6.07, 6.45) is 5.41. The zero-order valence-electron chi connectivity index (χ0n) is 18.7. The summed E-state index contributed by atoms with van der Waals surface area (Å²) in [6.45, 7) is 4.08. The number of hydrogen-bond acceptors (Lipinski definition) is 4. The first-order chi connectivity index (χ1) is 16.2. The standard InChI is InChI=1S/C17H11N2O.C12H10N.Ir/c1-11-7-9-18-15(10-11)14-5-2-4-12-13-6-3-8-19-17(13)20-16(12)14;1-10-7-8-12(13-9-10)11-5-3-2-4-6-11;/h2-4,6-10H,1H3;2-5,7-9H,1H3;/q2*-1;. The molecule has 2 aromatic carbocycles. The summed E-state index contributed by atoms with van der Waals surface area (Å²) in [7, 11) is 0. The van der Waals surface area contributed by atoms with Gasteiger partial charge in [-0.05, 0) is 49.0 Å². The van der Waals surface area contributed by atoms with Gasteiger partial charge in [0.15, 0.2) is 0 Å². The average molecular weight is 620 g/mol. The third kappa shape index (κ3) is 4.96. The number of nitrogens with zero attached hydrogens (tertiary/aromatic N) is 3. The Labute approximate surface area is 212 Å². The van der Waals surface area contributed by atoms with Gasteiger partial charge in [-0.1, -0.05) is 34.7 Å². The Balaban J connectivity index is 0.000000171. The van der Waals surface area contributed by atoms with Crippen molar-refractivity contribution in [3.8, 4) is 22.5 Å². The Morgan fingerprint density at radius 1 is 0.706 bits per heavy atom. The van der Waals surface area contributed by atoms with Crippen molar-refractivity contribution in [2.45, 2.75) is 13.8 Å². The quantitative estimate of drug-likeness (QED) is 0.196. The predicted molar refractivity (Wildman–Crippen MR) is 132 cm³/mol. The van der Waals surface area contributed by atoms with Crippen LogP contribution in [0.25, 0.3) is 44.6 Å². The zero-order valence-corrected chi connectivity index (χ0v) is 21.1. The first-order valence-electron chi connectivity index (χ1n) is 10.7. The average Bonchev–Trinajstić information content (AvgIpc) is 3.24. The van der Waals surface area contributed by atoms with E-state index in [-0.39, 0.29) is 20.1 Å². The Hall–Kier alpha value is -3.66. The molecule has 6 rings (SSSR count). The van der Waals surface area contributed by atoms with E-state index < -0.39 is 0 Å². The summed E-state index contributed by atoms with van der Waals surface area (Å²) in [5.74, 6) is 0. The molecule has 34 heavy (non-hydrogen) atoms. The summed E-state index contributed by atoms with van der Waals surface area (Å²) < 4.78 is 5.90. The van der Waals surface area contributed by atoms with Gasteiger partial charge in [0.25, 0.3) is 0 Å². The monoisotopic (exact) mass is 620 g/mol. The first-order valence-corrected chi connectivity index (χ1v) is 10.7. The topological polar surface area (TPSA) is 51.8 Å². The summed E-state index contributed by atoms with van der Waals surface area (Å²) >= 11 is 0. The number of benzene rings is 2. The maximum atomic E-state index is 5.90. The van der Waals surface area contributed by atoms with Gasteiger partial charge in [-0.3, -0.25) is 0 Å². The fraction of sp³-hybridized carbons (Fsp3) is 0.0690. The van der Waals surface area contributed by atoms with Crippen LogP contribution in [-0.4, -0.2) is 15.0 Å². The molecule has 0 fully saturated rings. The minimum Gasteiger partial charge on any atom is -0.486 e. The fourth-order valence-corrected chi connectivity index (χ4v) is 3.62. The van der Waals surface area contributed by atoms with Crippen LogP contribution in [0.4, 0.5) is 0 Å². The maximum absolute atomic E-state index is 5.90. The van der Waals surface area contributed by atoms with E-state index in [9.17, 15) is 0 Å². The molecular formula is C29H21IrN3O-2. The van der Waals surface area contributed by atoms with Crippen molar-refractivity contribution in [3.63, 3.8) is 0 Å². The van der Waals surface area contributed by atoms with E-state index in [4.69, 9.17) is 4.42 Å². The summed E-state index contributed by atoms with van der Waals surface area (Å²) in [5, 5.41) is 2.07. The van der Waals surface area contributed by atoms with Crippen molar-refractivity contribution in [1.29, 1.82) is 0 Å². The number of fused-ring (bicyclic) bond motifs is 3. The van der Waals surface area contributed by atoms with Gasteiger partial charge in [-0.2, -0.15) is 0 Å². The molecule has 0 bridgehead atoms. The Bertz CT molecular complexity index is 1530. The molecule has 4 heterocycles. The molecule has 4 nitrogen and oxygen atoms in total. The second-order valence-corrected chi connectivity index (χ2v) is 7.77. The molecule has 0 aliphatic rings. The molecule has 0 saturated heterocycles. The van der Waals surface area contributed by atoms with Gasteiger partial charge in [-0.25, -0.2) is 4.98 Å². The van der Waals surface area contributed by atoms with Crippen LogP contribution in [-0.2, 0) is 20.1 Å². The van der Waals surface area contributed by atoms with Crippen LogP contribution in [0.1, 0.15) is 11.1 Å². The maximum Gasteiger partial charge on any atom is 0.216 e. The smallest absolute Gasteiger partial charge is 0.216 e. The fourth-order valence-electron chi connectivity index (χ4n) is 3.62. The first kappa shape index (κ1) is 23.5. The van der Waals surface area contributed by atoms with Crippen LogP contribution in [0, 0.1) is 26.0 Å². The molecule has 0 saturated carbocycles. The van der Waals surface area contributed by atoms with Gasteiger partial charge in [0.2, 0.25) is 5.71 Å². The van der Waals surface area contributed by atoms with Gasteiger partial charge in [0.1, 0.15) is 0 Å². The second-order valence-electron chi connectivity index (χ2n) is 7.77. The van der Waals surface area contributed by atoms with E-state index in [1.165, 1.54) is 5.56 Å². The van der Waals surface area contributed by atoms with Crippen molar-refractivity contribution in [3.05, 3.63) is 115 Å². The molecule has 0 spiro atoms. The van der Waals surface area contributed by atoms with Crippen LogP contribution < -0.4 is 0 Å². The van der Waals surface area contributed by atoms with E-state index in [2.05, 4.69) is 33.2 Å². The third-order valence-electron chi connectivity index (χ3n) is 5.28. The van der Waals surface area contributed by atoms with Crippen molar-refractivity contribution < 1.29 is 24.5 Å². The van der Waals surface area contributed by atoms with Gasteiger partial charge >= 0.3 is 0 Å². The normalized spacial score (nSPS) is 10.4. The van der Waals surface area contributed by atoms with Crippen LogP contribution in [0.3, 0.4) is 0 Å². The number of aryl methyl sites for hydroxylation is 2. The van der Waals surface area contributed by atoms with Crippen LogP contribution in [0.15, 0.2) is 95.8 Å². The van der Waals surface area contributed by atoms with E-state index in [1.807, 2.05) is 86.8 Å². The Kier molecular flexibility index (Phi) is 7.27. The SMILES string of the molecule is Cc1ccc(-c2[c-]cccc2)nc1.Cc1ccnc(-c2[c-]ccc3c2oc2ncccc23)c1.[Ir]. The molecular weight excluding hydrogens is 599 g/mol. The molecule has 5 heteroatoms. The summed E-state index contributed by atoms with van der Waals surface area (Å²) in [5.41, 5.74) is 7.55. The molecule has 6 aromatic rings. The largest absolute Gasteiger partial charge is 0.486 e. The van der Waals surface area contributed by atoms with Crippen molar-refractivity contribution in [1.82, 2.24) is 15.0 Å². The van der Waals surface area contributed by atoms with Gasteiger partial charge in [0.05, 0.1) is 5.58 Å². The minimum atomic E-state index is 0. The number of furan rings is 1. The van der Waals surface area contributed by atoms with E-state index >= 15 is 0 Å². The van der Waals surface area contributed by atoms with Crippen LogP contribution in [0.5, 0.6) is 0 Å². The molecule has 0 atom stereocenters. The van der Waals surface area contributed by atoms with Crippen LogP contribution in [0.2, 0.25) is 0 Å². The number of aromatic nitrogens is 3. The molecule has 0 aliphatic heterocycles. The number of hydrogen-bond donors (Lipinski definition) is 0. The van der Waals surface area contributed by atoms with E-state index in [1.54, 1.807) is 12.4 Å². The van der Waals surface area contributed by atoms with Gasteiger partial charge in [-0.15, -0.1) is 54.1 Å². The van der Waals surface area contributed by atoms with E-state index in [0.717, 1.165) is 44.4 Å². The van der Waals surface area contributed by atoms with Gasteiger partial charge in [0, 0.05) is 44.1 Å². The molecule has 0 N–H and O–H groups in total. The Morgan fingerprint density at radius 3 is 2.38 bits per heavy atom. The molecule has 1 radical (unpaired) electrons. The zero-order chi connectivity index (χ0) is 22.6.